The van der Waals surface area contributed by atoms with Gasteiger partial charge in [0.05, 0.1) is 11.0 Å². The third-order valence-corrected chi connectivity index (χ3v) is 4.91. The number of nitrogens with two attached hydrogens (primary N) is 1. The van der Waals surface area contributed by atoms with Crippen LogP contribution in [0.1, 0.15) is 26.3 Å². The molecule has 1 rings (SSSR count). The molecule has 5 heteroatoms. The van der Waals surface area contributed by atoms with Gasteiger partial charge >= 0.3 is 0 Å². The van der Waals surface area contributed by atoms with Gasteiger partial charge in [-0.2, -0.15) is 0 Å². The zero-order valence-corrected chi connectivity index (χ0v) is 11.6. The van der Waals surface area contributed by atoms with Gasteiger partial charge in [-0.25, -0.2) is 8.42 Å². The van der Waals surface area contributed by atoms with E-state index in [1.165, 1.54) is 0 Å². The van der Waals surface area contributed by atoms with Gasteiger partial charge in [-0.15, -0.1) is 0 Å². The zero-order valence-electron chi connectivity index (χ0n) is 10.8. The minimum atomic E-state index is -2.96. The van der Waals surface area contributed by atoms with Crippen LogP contribution in [0, 0.1) is 0 Å². The summed E-state index contributed by atoms with van der Waals surface area (Å²) < 4.78 is 25.2. The van der Waals surface area contributed by atoms with Crippen molar-refractivity contribution in [3.05, 3.63) is 24.0 Å². The highest BCUT2D eigenvalue weighted by atomic mass is 32.2. The molecule has 2 N–H and O–H groups in total. The van der Waals surface area contributed by atoms with Crippen LogP contribution in [0.25, 0.3) is 0 Å². The predicted octanol–water partition coefficient (Wildman–Crippen LogP) is 1.20. The van der Waals surface area contributed by atoms with Crippen molar-refractivity contribution >= 4 is 9.84 Å². The maximum atomic E-state index is 11.7. The molecule has 1 aromatic rings. The standard InChI is InChI=1S/C12H22N2O2S/c1-10(2)17(15,16)7-6-14-5-4-12(9-14)8-11(3)13/h4-5,9-11H,6-8,13H2,1-3H3. The molecule has 0 fully saturated rings. The lowest BCUT2D eigenvalue weighted by molar-refractivity contribution is 0.580. The van der Waals surface area contributed by atoms with E-state index in [9.17, 15) is 8.42 Å². The summed E-state index contributed by atoms with van der Waals surface area (Å²) in [5, 5.41) is -0.304. The number of hydrogen-bond acceptors (Lipinski definition) is 3. The molecule has 17 heavy (non-hydrogen) atoms. The summed E-state index contributed by atoms with van der Waals surface area (Å²) in [6.45, 7) is 5.90. The Kier molecular flexibility index (Phi) is 4.77. The minimum Gasteiger partial charge on any atom is -0.353 e. The van der Waals surface area contributed by atoms with Gasteiger partial charge in [-0.05, 0) is 38.8 Å². The Morgan fingerprint density at radius 3 is 2.53 bits per heavy atom. The van der Waals surface area contributed by atoms with Crippen molar-refractivity contribution in [2.75, 3.05) is 5.75 Å². The molecule has 0 amide bonds. The van der Waals surface area contributed by atoms with E-state index >= 15 is 0 Å². The molecule has 98 valence electrons. The second-order valence-electron chi connectivity index (χ2n) is 4.85. The van der Waals surface area contributed by atoms with Crippen molar-refractivity contribution < 1.29 is 8.42 Å². The van der Waals surface area contributed by atoms with Gasteiger partial charge in [0.15, 0.2) is 9.84 Å². The van der Waals surface area contributed by atoms with Crippen LogP contribution in [0.15, 0.2) is 18.5 Å². The van der Waals surface area contributed by atoms with E-state index in [1.54, 1.807) is 13.8 Å². The first-order valence-corrected chi connectivity index (χ1v) is 7.64. The van der Waals surface area contributed by atoms with Gasteiger partial charge in [-0.1, -0.05) is 0 Å². The van der Waals surface area contributed by atoms with Crippen LogP contribution < -0.4 is 5.73 Å². The summed E-state index contributed by atoms with van der Waals surface area (Å²) in [4.78, 5) is 0. The fourth-order valence-electron chi connectivity index (χ4n) is 1.59. The topological polar surface area (TPSA) is 65.1 Å². The molecular formula is C12H22N2O2S. The second kappa shape index (κ2) is 5.69. The van der Waals surface area contributed by atoms with Gasteiger partial charge in [0.1, 0.15) is 0 Å². The lowest BCUT2D eigenvalue weighted by atomic mass is 10.1. The van der Waals surface area contributed by atoms with Crippen molar-refractivity contribution in [1.82, 2.24) is 4.57 Å². The first-order chi connectivity index (χ1) is 7.81. The molecular weight excluding hydrogens is 236 g/mol. The molecule has 0 aliphatic heterocycles. The van der Waals surface area contributed by atoms with Gasteiger partial charge in [0, 0.05) is 25.0 Å². The first-order valence-electron chi connectivity index (χ1n) is 5.93. The van der Waals surface area contributed by atoms with Gasteiger partial charge in [0.25, 0.3) is 0 Å². The van der Waals surface area contributed by atoms with Crippen LogP contribution in [0.4, 0.5) is 0 Å². The van der Waals surface area contributed by atoms with E-state index < -0.39 is 9.84 Å². The largest absolute Gasteiger partial charge is 0.353 e. The van der Waals surface area contributed by atoms with E-state index in [0.29, 0.717) is 6.54 Å². The monoisotopic (exact) mass is 258 g/mol. The molecule has 1 atom stereocenters. The number of nitrogens with zero attached hydrogens (tertiary/aromatic N) is 1. The lowest BCUT2D eigenvalue weighted by Gasteiger charge is -2.08. The maximum Gasteiger partial charge on any atom is 0.154 e. The maximum absolute atomic E-state index is 11.7. The average molecular weight is 258 g/mol. The Hall–Kier alpha value is -0.810. The van der Waals surface area contributed by atoms with E-state index in [0.717, 1.165) is 12.0 Å². The molecule has 0 bridgehead atoms. The molecule has 1 heterocycles. The number of aryl methyl sites for hydroxylation is 1. The molecule has 0 spiro atoms. The van der Waals surface area contributed by atoms with Crippen LogP contribution in [0.2, 0.25) is 0 Å². The SMILES string of the molecule is CC(N)Cc1ccn(CCS(=O)(=O)C(C)C)c1. The fraction of sp³-hybridized carbons (Fsp3) is 0.667. The van der Waals surface area contributed by atoms with Crippen molar-refractivity contribution in [2.45, 2.75) is 45.0 Å². The van der Waals surface area contributed by atoms with E-state index in [-0.39, 0.29) is 17.0 Å². The quantitative estimate of drug-likeness (QED) is 0.834. The molecule has 0 aliphatic rings. The number of hydrogen-bond donors (Lipinski definition) is 1. The van der Waals surface area contributed by atoms with Crippen molar-refractivity contribution in [1.29, 1.82) is 0 Å². The fourth-order valence-corrected chi connectivity index (χ4v) is 2.53. The number of sulfone groups is 1. The Bertz CT molecular complexity index is 447. The van der Waals surface area contributed by atoms with Crippen LogP contribution in [0.3, 0.4) is 0 Å². The smallest absolute Gasteiger partial charge is 0.154 e. The predicted molar refractivity (Wildman–Crippen MR) is 70.7 cm³/mol. The lowest BCUT2D eigenvalue weighted by Crippen LogP contribution is -2.20. The highest BCUT2D eigenvalue weighted by Gasteiger charge is 2.15. The molecule has 1 unspecified atom stereocenters. The molecule has 1 aromatic heterocycles. The Balaban J connectivity index is 2.56. The summed E-state index contributed by atoms with van der Waals surface area (Å²) in [5.41, 5.74) is 6.87. The third kappa shape index (κ3) is 4.52. The van der Waals surface area contributed by atoms with Gasteiger partial charge in [-0.3, -0.25) is 0 Å². The van der Waals surface area contributed by atoms with Crippen LogP contribution in [0.5, 0.6) is 0 Å². The van der Waals surface area contributed by atoms with E-state index in [2.05, 4.69) is 0 Å². The minimum absolute atomic E-state index is 0.130. The summed E-state index contributed by atoms with van der Waals surface area (Å²) in [6.07, 6.45) is 4.71. The Labute approximate surface area is 104 Å². The Morgan fingerprint density at radius 2 is 2.00 bits per heavy atom. The van der Waals surface area contributed by atoms with Gasteiger partial charge < -0.3 is 10.3 Å². The summed E-state index contributed by atoms with van der Waals surface area (Å²) in [6, 6.07) is 2.12. The third-order valence-electron chi connectivity index (χ3n) is 2.72. The van der Waals surface area contributed by atoms with E-state index in [4.69, 9.17) is 5.73 Å². The van der Waals surface area contributed by atoms with E-state index in [1.807, 2.05) is 30.0 Å². The van der Waals surface area contributed by atoms with Crippen LogP contribution in [-0.2, 0) is 22.8 Å². The average Bonchev–Trinajstić information content (AvgIpc) is 2.61. The molecule has 0 aliphatic carbocycles. The summed E-state index contributed by atoms with van der Waals surface area (Å²) in [5.74, 6) is 0.191. The normalized spacial score (nSPS) is 14.2. The first kappa shape index (κ1) is 14.3. The Morgan fingerprint density at radius 1 is 1.35 bits per heavy atom. The molecule has 0 saturated heterocycles. The summed E-state index contributed by atoms with van der Waals surface area (Å²) >= 11 is 0. The molecule has 0 aromatic carbocycles. The molecule has 0 radical (unpaired) electrons. The van der Waals surface area contributed by atoms with Crippen molar-refractivity contribution in [2.24, 2.45) is 5.73 Å². The summed E-state index contributed by atoms with van der Waals surface area (Å²) in [7, 11) is -2.96. The highest BCUT2D eigenvalue weighted by molar-refractivity contribution is 7.91. The van der Waals surface area contributed by atoms with Crippen LogP contribution >= 0.6 is 0 Å². The van der Waals surface area contributed by atoms with Crippen molar-refractivity contribution in [3.63, 3.8) is 0 Å². The van der Waals surface area contributed by atoms with Gasteiger partial charge in [0.2, 0.25) is 0 Å². The molecule has 0 saturated carbocycles. The van der Waals surface area contributed by atoms with Crippen LogP contribution in [-0.4, -0.2) is 30.0 Å². The second-order valence-corrected chi connectivity index (χ2v) is 7.53. The number of aromatic nitrogens is 1. The van der Waals surface area contributed by atoms with Crippen molar-refractivity contribution in [3.8, 4) is 0 Å². The number of rotatable bonds is 6. The molecule has 4 nitrogen and oxygen atoms in total. The zero-order chi connectivity index (χ0) is 13.1. The highest BCUT2D eigenvalue weighted by Crippen LogP contribution is 2.06.